The summed E-state index contributed by atoms with van der Waals surface area (Å²) in [5.41, 5.74) is 2.59. The van der Waals surface area contributed by atoms with Crippen LogP contribution in [0.5, 0.6) is 34.5 Å². The second-order valence-electron chi connectivity index (χ2n) is 8.75. The summed E-state index contributed by atoms with van der Waals surface area (Å²) in [7, 11) is 5.84. The van der Waals surface area contributed by atoms with Crippen LogP contribution in [0.25, 0.3) is 11.1 Å². The van der Waals surface area contributed by atoms with Crippen molar-refractivity contribution in [3.8, 4) is 45.6 Å². The lowest BCUT2D eigenvalue weighted by atomic mass is 9.76. The average Bonchev–Trinajstić information content (AvgIpc) is 2.85. The Hall–Kier alpha value is -3.39. The number of allylic oxidation sites excluding steroid dienone is 1. The van der Waals surface area contributed by atoms with Gasteiger partial charge >= 0.3 is 5.97 Å². The van der Waals surface area contributed by atoms with Crippen LogP contribution in [-0.2, 0) is 11.2 Å². The third-order valence-corrected chi connectivity index (χ3v) is 6.82. The number of hydrogen-bond donors (Lipinski definition) is 2. The zero-order valence-electron chi connectivity index (χ0n) is 21.5. The number of esters is 1. The number of ether oxygens (including phenoxy) is 5. The van der Waals surface area contributed by atoms with Crippen molar-refractivity contribution < 1.29 is 38.7 Å². The average molecular weight is 487 g/mol. The molecule has 0 spiro atoms. The van der Waals surface area contributed by atoms with Gasteiger partial charge in [-0.05, 0) is 55.4 Å². The largest absolute Gasteiger partial charge is 0.504 e. The molecule has 3 atom stereocenters. The third-order valence-electron chi connectivity index (χ3n) is 6.82. The summed E-state index contributed by atoms with van der Waals surface area (Å²) >= 11 is 0. The molecule has 2 aromatic rings. The van der Waals surface area contributed by atoms with E-state index in [0.29, 0.717) is 34.4 Å². The number of carbonyl (C=O) groups excluding carboxylic acids is 1. The van der Waals surface area contributed by atoms with Gasteiger partial charge in [0, 0.05) is 16.7 Å². The first-order chi connectivity index (χ1) is 16.6. The van der Waals surface area contributed by atoms with Crippen LogP contribution < -0.4 is 23.7 Å². The van der Waals surface area contributed by atoms with Crippen LogP contribution in [0, 0.1) is 11.8 Å². The van der Waals surface area contributed by atoms with Gasteiger partial charge in [-0.25, -0.2) is 4.79 Å². The van der Waals surface area contributed by atoms with Crippen LogP contribution in [0.15, 0.2) is 23.8 Å². The maximum atomic E-state index is 12.9. The molecule has 2 aromatic carbocycles. The molecular formula is C27H34O8. The number of rotatable bonds is 6. The number of benzene rings is 2. The van der Waals surface area contributed by atoms with E-state index in [9.17, 15) is 15.0 Å². The lowest BCUT2D eigenvalue weighted by Gasteiger charge is -2.33. The predicted octanol–water partition coefficient (Wildman–Crippen LogP) is 4.83. The Labute approximate surface area is 206 Å². The first-order valence-corrected chi connectivity index (χ1v) is 11.4. The molecule has 0 bridgehead atoms. The van der Waals surface area contributed by atoms with E-state index in [1.807, 2.05) is 19.9 Å². The van der Waals surface area contributed by atoms with Crippen LogP contribution in [0.3, 0.4) is 0 Å². The quantitative estimate of drug-likeness (QED) is 0.340. The van der Waals surface area contributed by atoms with Gasteiger partial charge in [-0.2, -0.15) is 0 Å². The van der Waals surface area contributed by atoms with E-state index in [-0.39, 0.29) is 40.6 Å². The fourth-order valence-electron chi connectivity index (χ4n) is 4.49. The van der Waals surface area contributed by atoms with Gasteiger partial charge in [-0.15, -0.1) is 0 Å². The first kappa shape index (κ1) is 26.2. The summed E-state index contributed by atoms with van der Waals surface area (Å²) in [6.07, 6.45) is 1.27. The highest BCUT2D eigenvalue weighted by Gasteiger charge is 2.37. The summed E-state index contributed by atoms with van der Waals surface area (Å²) in [5, 5.41) is 22.1. The number of aliphatic hydroxyl groups is 1. The van der Waals surface area contributed by atoms with Gasteiger partial charge in [-0.1, -0.05) is 19.9 Å². The van der Waals surface area contributed by atoms with Crippen molar-refractivity contribution in [2.45, 2.75) is 40.2 Å². The smallest absolute Gasteiger partial charge is 0.338 e. The molecule has 2 N–H and O–H groups in total. The summed E-state index contributed by atoms with van der Waals surface area (Å²) in [6.45, 7) is 7.39. The lowest BCUT2D eigenvalue weighted by Crippen LogP contribution is -2.23. The van der Waals surface area contributed by atoms with Crippen molar-refractivity contribution in [3.05, 3.63) is 34.9 Å². The van der Waals surface area contributed by atoms with Crippen LogP contribution in [0.2, 0.25) is 0 Å². The number of hydrogen-bond acceptors (Lipinski definition) is 8. The van der Waals surface area contributed by atoms with E-state index < -0.39 is 12.1 Å². The Balaban J connectivity index is 2.56. The van der Waals surface area contributed by atoms with E-state index in [4.69, 9.17) is 23.7 Å². The molecule has 8 nitrogen and oxygen atoms in total. The van der Waals surface area contributed by atoms with Crippen molar-refractivity contribution in [3.63, 3.8) is 0 Å². The fraction of sp³-hybridized carbons (Fsp3) is 0.444. The number of phenols is 1. The Morgan fingerprint density at radius 1 is 0.943 bits per heavy atom. The Kier molecular flexibility index (Phi) is 7.85. The molecule has 0 heterocycles. The molecule has 3 rings (SSSR count). The minimum Gasteiger partial charge on any atom is -0.504 e. The Morgan fingerprint density at radius 3 is 2.11 bits per heavy atom. The van der Waals surface area contributed by atoms with Gasteiger partial charge in [0.1, 0.15) is 0 Å². The number of methoxy groups -OCH3 is 4. The van der Waals surface area contributed by atoms with E-state index in [2.05, 4.69) is 0 Å². The molecule has 190 valence electrons. The van der Waals surface area contributed by atoms with Crippen molar-refractivity contribution in [2.75, 3.05) is 28.4 Å². The van der Waals surface area contributed by atoms with Crippen LogP contribution in [-0.4, -0.2) is 44.6 Å². The zero-order chi connectivity index (χ0) is 26.0. The van der Waals surface area contributed by atoms with Gasteiger partial charge in [0.25, 0.3) is 0 Å². The van der Waals surface area contributed by atoms with Gasteiger partial charge in [-0.3, -0.25) is 0 Å². The minimum atomic E-state index is -0.937. The van der Waals surface area contributed by atoms with Crippen LogP contribution >= 0.6 is 0 Å². The Bertz CT molecular complexity index is 1150. The fourth-order valence-corrected chi connectivity index (χ4v) is 4.49. The standard InChI is InChI=1S/C27H34O8/c1-9-13(2)27(30)35-26-20-16(11-19(31-5)24(26)33-7)10-14(3)15(4)22(29)17-12-18(28)23(32-6)25(34-8)21(17)20/h9,11-12,14-15,22,28-29H,10H2,1-8H3/b13-9-/t14-,15+,22-/m0/s1. The predicted molar refractivity (Wildman–Crippen MR) is 132 cm³/mol. The second-order valence-corrected chi connectivity index (χ2v) is 8.75. The molecule has 0 saturated carbocycles. The zero-order valence-corrected chi connectivity index (χ0v) is 21.5. The molecule has 0 fully saturated rings. The highest BCUT2D eigenvalue weighted by Crippen LogP contribution is 2.57. The number of carbonyl (C=O) groups is 1. The second kappa shape index (κ2) is 10.5. The van der Waals surface area contributed by atoms with E-state index in [1.54, 1.807) is 19.9 Å². The molecule has 0 aliphatic heterocycles. The number of phenolic OH excluding ortho intramolecular Hbond substituents is 1. The van der Waals surface area contributed by atoms with E-state index in [0.717, 1.165) is 5.56 Å². The van der Waals surface area contributed by atoms with Gasteiger partial charge in [0.05, 0.1) is 34.5 Å². The summed E-state index contributed by atoms with van der Waals surface area (Å²) in [6, 6.07) is 3.32. The van der Waals surface area contributed by atoms with Crippen LogP contribution in [0.1, 0.15) is 44.9 Å². The highest BCUT2D eigenvalue weighted by atomic mass is 16.6. The highest BCUT2D eigenvalue weighted by molar-refractivity contribution is 5.94. The number of fused-ring (bicyclic) bond motifs is 3. The van der Waals surface area contributed by atoms with Gasteiger partial charge in [0.15, 0.2) is 23.0 Å². The molecule has 1 aliphatic carbocycles. The van der Waals surface area contributed by atoms with E-state index >= 15 is 0 Å². The maximum Gasteiger partial charge on any atom is 0.338 e. The first-order valence-electron chi connectivity index (χ1n) is 11.4. The monoisotopic (exact) mass is 486 g/mol. The van der Waals surface area contributed by atoms with Gasteiger partial charge < -0.3 is 33.9 Å². The summed E-state index contributed by atoms with van der Waals surface area (Å²) in [5.74, 6) is 0.200. The topological polar surface area (TPSA) is 104 Å². The Morgan fingerprint density at radius 2 is 1.57 bits per heavy atom. The molecule has 0 unspecified atom stereocenters. The molecule has 35 heavy (non-hydrogen) atoms. The van der Waals surface area contributed by atoms with E-state index in [1.165, 1.54) is 34.5 Å². The minimum absolute atomic E-state index is 0.0334. The summed E-state index contributed by atoms with van der Waals surface area (Å²) < 4.78 is 28.4. The van der Waals surface area contributed by atoms with Crippen LogP contribution in [0.4, 0.5) is 0 Å². The van der Waals surface area contributed by atoms with Crippen molar-refractivity contribution >= 4 is 5.97 Å². The third kappa shape index (κ3) is 4.50. The number of aliphatic hydroxyl groups excluding tert-OH is 1. The lowest BCUT2D eigenvalue weighted by molar-refractivity contribution is -0.130. The molecule has 8 heteroatoms. The molecular weight excluding hydrogens is 452 g/mol. The van der Waals surface area contributed by atoms with Gasteiger partial charge in [0.2, 0.25) is 11.5 Å². The van der Waals surface area contributed by atoms with Crippen molar-refractivity contribution in [1.29, 1.82) is 0 Å². The molecule has 0 aromatic heterocycles. The SMILES string of the molecule is C/C=C(/C)C(=O)Oc1c(OC)c(OC)cc2c1-c1c(cc(O)c(OC)c1OC)[C@@H](O)[C@H](C)[C@@H](C)C2. The van der Waals surface area contributed by atoms with Crippen molar-refractivity contribution in [1.82, 2.24) is 0 Å². The van der Waals surface area contributed by atoms with Crippen molar-refractivity contribution in [2.24, 2.45) is 11.8 Å². The number of aromatic hydroxyl groups is 1. The summed E-state index contributed by atoms with van der Waals surface area (Å²) in [4.78, 5) is 12.9. The molecule has 0 radical (unpaired) electrons. The maximum absolute atomic E-state index is 12.9. The normalized spacial score (nSPS) is 19.6. The molecule has 0 saturated heterocycles. The molecule has 0 amide bonds. The molecule has 1 aliphatic rings.